The fraction of sp³-hybridized carbons (Fsp3) is 0.167. The summed E-state index contributed by atoms with van der Waals surface area (Å²) >= 11 is 1.60. The van der Waals surface area contributed by atoms with Crippen LogP contribution in [0.3, 0.4) is 0 Å². The Morgan fingerprint density at radius 3 is 2.40 bits per heavy atom. The highest BCUT2D eigenvalue weighted by molar-refractivity contribution is 7.92. The van der Waals surface area contributed by atoms with Gasteiger partial charge in [-0.15, -0.1) is 11.3 Å². The van der Waals surface area contributed by atoms with E-state index in [2.05, 4.69) is 9.71 Å². The quantitative estimate of drug-likeness (QED) is 0.706. The van der Waals surface area contributed by atoms with Gasteiger partial charge < -0.3 is 4.74 Å². The summed E-state index contributed by atoms with van der Waals surface area (Å²) in [4.78, 5) is 5.75. The lowest BCUT2D eigenvalue weighted by Crippen LogP contribution is -2.09. The van der Waals surface area contributed by atoms with Crippen molar-refractivity contribution in [3.8, 4) is 17.0 Å². The molecule has 0 unspecified atom stereocenters. The van der Waals surface area contributed by atoms with Crippen LogP contribution in [-0.4, -0.2) is 19.7 Å². The van der Waals surface area contributed by atoms with Crippen LogP contribution in [0.15, 0.2) is 54.6 Å². The Morgan fingerprint density at radius 2 is 1.76 bits per heavy atom. The van der Waals surface area contributed by atoms with E-state index in [9.17, 15) is 8.42 Å². The molecule has 0 radical (unpaired) electrons. The van der Waals surface area contributed by atoms with Crippen molar-refractivity contribution in [2.75, 3.05) is 11.0 Å². The van der Waals surface area contributed by atoms with Gasteiger partial charge in [0.15, 0.2) is 0 Å². The standard InChI is InChI=1S/C18H18N2O3S2/c1-13-18(14-8-10-15(11-9-14)20-25(2,21)22)19-17(24-13)12-23-16-6-4-3-5-7-16/h3-11,20H,12H2,1-2H3. The molecule has 0 amide bonds. The number of aromatic nitrogens is 1. The molecular weight excluding hydrogens is 356 g/mol. The van der Waals surface area contributed by atoms with Crippen molar-refractivity contribution in [2.24, 2.45) is 0 Å². The third-order valence-corrected chi connectivity index (χ3v) is 4.96. The lowest BCUT2D eigenvalue weighted by molar-refractivity contribution is 0.305. The summed E-state index contributed by atoms with van der Waals surface area (Å²) in [5.41, 5.74) is 2.37. The second-order valence-electron chi connectivity index (χ2n) is 5.57. The first kappa shape index (κ1) is 17.4. The molecule has 0 saturated heterocycles. The predicted octanol–water partition coefficient (Wildman–Crippen LogP) is 4.07. The maximum Gasteiger partial charge on any atom is 0.229 e. The van der Waals surface area contributed by atoms with E-state index in [-0.39, 0.29) is 0 Å². The van der Waals surface area contributed by atoms with E-state index in [1.807, 2.05) is 49.4 Å². The summed E-state index contributed by atoms with van der Waals surface area (Å²) in [6.07, 6.45) is 1.13. The van der Waals surface area contributed by atoms with Gasteiger partial charge in [-0.2, -0.15) is 0 Å². The van der Waals surface area contributed by atoms with Gasteiger partial charge in [-0.1, -0.05) is 30.3 Å². The van der Waals surface area contributed by atoms with Crippen molar-refractivity contribution in [1.82, 2.24) is 4.98 Å². The molecule has 3 aromatic rings. The SMILES string of the molecule is Cc1sc(COc2ccccc2)nc1-c1ccc(NS(C)(=O)=O)cc1. The first-order valence-corrected chi connectivity index (χ1v) is 10.3. The van der Waals surface area contributed by atoms with Crippen LogP contribution in [0.5, 0.6) is 5.75 Å². The Bertz CT molecular complexity index is 950. The van der Waals surface area contributed by atoms with Gasteiger partial charge in [0.25, 0.3) is 0 Å². The molecule has 2 aromatic carbocycles. The Labute approximate surface area is 151 Å². The normalized spacial score (nSPS) is 11.3. The maximum absolute atomic E-state index is 11.3. The van der Waals surface area contributed by atoms with Crippen LogP contribution in [0, 0.1) is 6.92 Å². The summed E-state index contributed by atoms with van der Waals surface area (Å²) in [6, 6.07) is 16.8. The monoisotopic (exact) mass is 374 g/mol. The lowest BCUT2D eigenvalue weighted by atomic mass is 10.1. The molecule has 3 rings (SSSR count). The van der Waals surface area contributed by atoms with E-state index in [0.717, 1.165) is 33.1 Å². The molecule has 0 aliphatic heterocycles. The molecule has 7 heteroatoms. The maximum atomic E-state index is 11.3. The van der Waals surface area contributed by atoms with E-state index < -0.39 is 10.0 Å². The first-order valence-electron chi connectivity index (χ1n) is 7.63. The van der Waals surface area contributed by atoms with Crippen molar-refractivity contribution >= 4 is 27.0 Å². The molecule has 0 saturated carbocycles. The molecule has 0 aliphatic carbocycles. The van der Waals surface area contributed by atoms with E-state index in [0.29, 0.717) is 12.3 Å². The topological polar surface area (TPSA) is 68.3 Å². The minimum absolute atomic E-state index is 0.420. The van der Waals surface area contributed by atoms with Crippen LogP contribution in [0.1, 0.15) is 9.88 Å². The van der Waals surface area contributed by atoms with Gasteiger partial charge in [0.2, 0.25) is 10.0 Å². The number of hydrogen-bond acceptors (Lipinski definition) is 5. The molecule has 1 aromatic heterocycles. The number of aryl methyl sites for hydroxylation is 1. The Hall–Kier alpha value is -2.38. The van der Waals surface area contributed by atoms with Crippen molar-refractivity contribution in [3.05, 3.63) is 64.5 Å². The number of rotatable bonds is 6. The van der Waals surface area contributed by atoms with Crippen molar-refractivity contribution in [3.63, 3.8) is 0 Å². The Morgan fingerprint density at radius 1 is 1.08 bits per heavy atom. The van der Waals surface area contributed by atoms with Crippen LogP contribution >= 0.6 is 11.3 Å². The zero-order chi connectivity index (χ0) is 17.9. The summed E-state index contributed by atoms with van der Waals surface area (Å²) in [7, 11) is -3.27. The third-order valence-electron chi connectivity index (χ3n) is 3.41. The first-order chi connectivity index (χ1) is 11.9. The van der Waals surface area contributed by atoms with Crippen LogP contribution in [-0.2, 0) is 16.6 Å². The highest BCUT2D eigenvalue weighted by Gasteiger charge is 2.11. The minimum atomic E-state index is -3.27. The molecular formula is C18H18N2O3S2. The number of nitrogens with one attached hydrogen (secondary N) is 1. The van der Waals surface area contributed by atoms with Crippen LogP contribution in [0.4, 0.5) is 5.69 Å². The van der Waals surface area contributed by atoms with Crippen LogP contribution in [0.25, 0.3) is 11.3 Å². The summed E-state index contributed by atoms with van der Waals surface area (Å²) in [5, 5.41) is 0.898. The zero-order valence-corrected chi connectivity index (χ0v) is 15.5. The van der Waals surface area contributed by atoms with E-state index in [1.54, 1.807) is 23.5 Å². The number of hydrogen-bond donors (Lipinski definition) is 1. The molecule has 0 fully saturated rings. The number of benzene rings is 2. The summed E-state index contributed by atoms with van der Waals surface area (Å²) < 4.78 is 30.7. The number of thiazole rings is 1. The predicted molar refractivity (Wildman–Crippen MR) is 102 cm³/mol. The fourth-order valence-electron chi connectivity index (χ4n) is 2.35. The highest BCUT2D eigenvalue weighted by atomic mass is 32.2. The lowest BCUT2D eigenvalue weighted by Gasteiger charge is -2.05. The highest BCUT2D eigenvalue weighted by Crippen LogP contribution is 2.29. The zero-order valence-electron chi connectivity index (χ0n) is 13.9. The minimum Gasteiger partial charge on any atom is -0.486 e. The summed E-state index contributed by atoms with van der Waals surface area (Å²) in [5.74, 6) is 0.813. The van der Waals surface area contributed by atoms with E-state index >= 15 is 0 Å². The molecule has 25 heavy (non-hydrogen) atoms. The molecule has 0 spiro atoms. The van der Waals surface area contributed by atoms with Gasteiger partial charge in [0.1, 0.15) is 17.4 Å². The van der Waals surface area contributed by atoms with Crippen molar-refractivity contribution in [1.29, 1.82) is 0 Å². The van der Waals surface area contributed by atoms with Gasteiger partial charge in [0.05, 0.1) is 11.9 Å². The number of para-hydroxylation sites is 1. The van der Waals surface area contributed by atoms with Crippen molar-refractivity contribution < 1.29 is 13.2 Å². The third kappa shape index (κ3) is 4.80. The second-order valence-corrected chi connectivity index (χ2v) is 8.60. The molecule has 5 nitrogen and oxygen atoms in total. The number of nitrogens with zero attached hydrogens (tertiary/aromatic N) is 1. The number of ether oxygens (including phenoxy) is 1. The average molecular weight is 374 g/mol. The average Bonchev–Trinajstić information content (AvgIpc) is 2.94. The Balaban J connectivity index is 1.73. The molecule has 0 atom stereocenters. The summed E-state index contributed by atoms with van der Waals surface area (Å²) in [6.45, 7) is 2.44. The van der Waals surface area contributed by atoms with Gasteiger partial charge in [-0.05, 0) is 31.2 Å². The fourth-order valence-corrected chi connectivity index (χ4v) is 3.79. The van der Waals surface area contributed by atoms with E-state index in [4.69, 9.17) is 4.74 Å². The van der Waals surface area contributed by atoms with Gasteiger partial charge >= 0.3 is 0 Å². The largest absolute Gasteiger partial charge is 0.486 e. The Kier molecular flexibility index (Phi) is 5.06. The molecule has 0 aliphatic rings. The molecule has 0 bridgehead atoms. The van der Waals surface area contributed by atoms with E-state index in [1.165, 1.54) is 0 Å². The molecule has 130 valence electrons. The van der Waals surface area contributed by atoms with Gasteiger partial charge in [-0.25, -0.2) is 13.4 Å². The second kappa shape index (κ2) is 7.25. The van der Waals surface area contributed by atoms with Crippen LogP contribution in [0.2, 0.25) is 0 Å². The van der Waals surface area contributed by atoms with Gasteiger partial charge in [0, 0.05) is 16.1 Å². The molecule has 1 heterocycles. The van der Waals surface area contributed by atoms with Gasteiger partial charge in [-0.3, -0.25) is 4.72 Å². The smallest absolute Gasteiger partial charge is 0.229 e. The van der Waals surface area contributed by atoms with Crippen molar-refractivity contribution in [2.45, 2.75) is 13.5 Å². The van der Waals surface area contributed by atoms with Crippen LogP contribution < -0.4 is 9.46 Å². The number of sulfonamides is 1. The number of anilines is 1. The molecule has 1 N–H and O–H groups in total.